The van der Waals surface area contributed by atoms with Gasteiger partial charge in [-0.15, -0.1) is 0 Å². The van der Waals surface area contributed by atoms with Crippen LogP contribution in [-0.2, 0) is 4.74 Å². The van der Waals surface area contributed by atoms with Gasteiger partial charge in [0.1, 0.15) is 0 Å². The van der Waals surface area contributed by atoms with Crippen molar-refractivity contribution in [3.63, 3.8) is 0 Å². The number of rotatable bonds is 1. The highest BCUT2D eigenvalue weighted by Crippen LogP contribution is 2.53. The molecule has 1 aliphatic heterocycles. The zero-order chi connectivity index (χ0) is 12.1. The minimum Gasteiger partial charge on any atom is -0.372 e. The Morgan fingerprint density at radius 1 is 1.00 bits per heavy atom. The molecule has 16 heavy (non-hydrogen) atoms. The molecule has 1 nitrogen and oxygen atoms in total. The number of ether oxygens (including phenoxy) is 1. The summed E-state index contributed by atoms with van der Waals surface area (Å²) in [6.07, 6.45) is 4.50. The summed E-state index contributed by atoms with van der Waals surface area (Å²) in [6.45, 7) is 14.1. The van der Waals surface area contributed by atoms with Crippen LogP contribution in [0.4, 0.5) is 0 Å². The van der Waals surface area contributed by atoms with Crippen molar-refractivity contribution in [2.24, 2.45) is 23.2 Å². The maximum Gasteiger partial charge on any atom is 0.0634 e. The fourth-order valence-corrected chi connectivity index (χ4v) is 4.05. The zero-order valence-corrected chi connectivity index (χ0v) is 11.8. The first-order chi connectivity index (χ1) is 7.23. The highest BCUT2D eigenvalue weighted by Gasteiger charge is 2.48. The lowest BCUT2D eigenvalue weighted by Crippen LogP contribution is -2.27. The van der Waals surface area contributed by atoms with Crippen LogP contribution in [0.25, 0.3) is 0 Å². The smallest absolute Gasteiger partial charge is 0.0634 e. The normalized spacial score (nSPS) is 46.1. The molecule has 1 heteroatoms. The van der Waals surface area contributed by atoms with Crippen LogP contribution < -0.4 is 0 Å². The second kappa shape index (κ2) is 3.73. The first kappa shape index (κ1) is 12.4. The largest absolute Gasteiger partial charge is 0.372 e. The van der Waals surface area contributed by atoms with E-state index in [1.54, 1.807) is 0 Å². The molecule has 1 heterocycles. The molecule has 4 unspecified atom stereocenters. The fraction of sp³-hybridized carbons (Fsp3) is 1.00. The van der Waals surface area contributed by atoms with E-state index < -0.39 is 0 Å². The van der Waals surface area contributed by atoms with E-state index in [4.69, 9.17) is 4.74 Å². The Bertz CT molecular complexity index is 267. The van der Waals surface area contributed by atoms with Crippen molar-refractivity contribution in [2.45, 2.75) is 72.5 Å². The second-order valence-corrected chi connectivity index (χ2v) is 7.43. The van der Waals surface area contributed by atoms with E-state index in [-0.39, 0.29) is 5.60 Å². The molecular weight excluding hydrogens is 196 g/mol. The topological polar surface area (TPSA) is 9.23 Å². The van der Waals surface area contributed by atoms with Gasteiger partial charge >= 0.3 is 0 Å². The molecule has 0 spiro atoms. The molecule has 0 N–H and O–H groups in total. The van der Waals surface area contributed by atoms with E-state index in [1.165, 1.54) is 19.3 Å². The highest BCUT2D eigenvalue weighted by molar-refractivity contribution is 4.97. The van der Waals surface area contributed by atoms with Crippen molar-refractivity contribution < 1.29 is 4.74 Å². The van der Waals surface area contributed by atoms with E-state index >= 15 is 0 Å². The minimum atomic E-state index is 0.108. The lowest BCUT2D eigenvalue weighted by Gasteiger charge is -2.31. The van der Waals surface area contributed by atoms with Crippen molar-refractivity contribution in [1.82, 2.24) is 0 Å². The molecule has 0 aromatic heterocycles. The summed E-state index contributed by atoms with van der Waals surface area (Å²) in [7, 11) is 0. The van der Waals surface area contributed by atoms with Gasteiger partial charge in [0.25, 0.3) is 0 Å². The molecule has 4 atom stereocenters. The third-order valence-electron chi connectivity index (χ3n) is 5.38. The Hall–Kier alpha value is -0.0400. The van der Waals surface area contributed by atoms with E-state index in [0.717, 1.165) is 17.8 Å². The van der Waals surface area contributed by atoms with Gasteiger partial charge in [-0.2, -0.15) is 0 Å². The van der Waals surface area contributed by atoms with Crippen LogP contribution in [0.3, 0.4) is 0 Å². The van der Waals surface area contributed by atoms with Gasteiger partial charge < -0.3 is 4.74 Å². The Kier molecular flexibility index (Phi) is 2.89. The van der Waals surface area contributed by atoms with Crippen molar-refractivity contribution in [2.75, 3.05) is 0 Å². The number of hydrogen-bond acceptors (Lipinski definition) is 1. The molecule has 0 aromatic carbocycles. The molecule has 0 bridgehead atoms. The maximum atomic E-state index is 6.09. The first-order valence-corrected chi connectivity index (χ1v) is 6.91. The summed E-state index contributed by atoms with van der Waals surface area (Å²) in [5, 5.41) is 0. The summed E-state index contributed by atoms with van der Waals surface area (Å²) in [6, 6.07) is 0. The Morgan fingerprint density at radius 2 is 1.62 bits per heavy atom. The number of hydrogen-bond donors (Lipinski definition) is 0. The molecule has 0 radical (unpaired) electrons. The lowest BCUT2D eigenvalue weighted by molar-refractivity contribution is -0.0168. The van der Waals surface area contributed by atoms with Crippen molar-refractivity contribution in [3.05, 3.63) is 0 Å². The Balaban J connectivity index is 2.10. The predicted octanol–water partition coefficient (Wildman–Crippen LogP) is 4.26. The van der Waals surface area contributed by atoms with Gasteiger partial charge in [0.2, 0.25) is 0 Å². The molecule has 0 aromatic rings. The molecule has 2 aliphatic rings. The third-order valence-corrected chi connectivity index (χ3v) is 5.38. The van der Waals surface area contributed by atoms with Crippen LogP contribution in [0.5, 0.6) is 0 Å². The van der Waals surface area contributed by atoms with Crippen molar-refractivity contribution in [1.29, 1.82) is 0 Å². The average Bonchev–Trinajstić information content (AvgIpc) is 2.52. The van der Waals surface area contributed by atoms with Gasteiger partial charge in [-0.3, -0.25) is 0 Å². The SMILES string of the molecule is CC1OC(C)(C)CC1C1CCC(C)(C)C1C. The summed E-state index contributed by atoms with van der Waals surface area (Å²) < 4.78 is 6.09. The molecule has 1 saturated heterocycles. The molecule has 0 amide bonds. The molecule has 94 valence electrons. The minimum absolute atomic E-state index is 0.108. The first-order valence-electron chi connectivity index (χ1n) is 6.91. The van der Waals surface area contributed by atoms with Gasteiger partial charge in [-0.25, -0.2) is 0 Å². The predicted molar refractivity (Wildman–Crippen MR) is 68.4 cm³/mol. The molecule has 2 fully saturated rings. The molecule has 2 rings (SSSR count). The van der Waals surface area contributed by atoms with Gasteiger partial charge in [-0.05, 0) is 63.2 Å². The van der Waals surface area contributed by atoms with Gasteiger partial charge in [0.15, 0.2) is 0 Å². The van der Waals surface area contributed by atoms with Crippen LogP contribution in [0.1, 0.15) is 60.8 Å². The third kappa shape index (κ3) is 2.03. The average molecular weight is 224 g/mol. The molecular formula is C15H28O. The highest BCUT2D eigenvalue weighted by atomic mass is 16.5. The van der Waals surface area contributed by atoms with E-state index in [1.807, 2.05) is 0 Å². The fourth-order valence-electron chi connectivity index (χ4n) is 4.05. The van der Waals surface area contributed by atoms with Crippen LogP contribution in [-0.4, -0.2) is 11.7 Å². The lowest BCUT2D eigenvalue weighted by atomic mass is 9.73. The summed E-state index contributed by atoms with van der Waals surface area (Å²) in [5.41, 5.74) is 0.646. The van der Waals surface area contributed by atoms with Crippen LogP contribution in [0, 0.1) is 23.2 Å². The van der Waals surface area contributed by atoms with Gasteiger partial charge in [-0.1, -0.05) is 20.8 Å². The van der Waals surface area contributed by atoms with Gasteiger partial charge in [0, 0.05) is 0 Å². The molecule has 1 aliphatic carbocycles. The summed E-state index contributed by atoms with van der Waals surface area (Å²) >= 11 is 0. The summed E-state index contributed by atoms with van der Waals surface area (Å²) in [5.74, 6) is 2.51. The van der Waals surface area contributed by atoms with Crippen LogP contribution in [0.2, 0.25) is 0 Å². The van der Waals surface area contributed by atoms with E-state index in [9.17, 15) is 0 Å². The Morgan fingerprint density at radius 3 is 2.00 bits per heavy atom. The Labute approximate surface area is 101 Å². The maximum absolute atomic E-state index is 6.09. The van der Waals surface area contributed by atoms with Crippen molar-refractivity contribution in [3.8, 4) is 0 Å². The zero-order valence-electron chi connectivity index (χ0n) is 11.8. The quantitative estimate of drug-likeness (QED) is 0.646. The van der Waals surface area contributed by atoms with Gasteiger partial charge in [0.05, 0.1) is 11.7 Å². The monoisotopic (exact) mass is 224 g/mol. The standard InChI is InChI=1S/C15H28O/c1-10-12(7-8-14(10,3)4)13-9-15(5,6)16-11(13)2/h10-13H,7-9H2,1-6H3. The van der Waals surface area contributed by atoms with Crippen molar-refractivity contribution >= 4 is 0 Å². The van der Waals surface area contributed by atoms with Crippen LogP contribution in [0.15, 0.2) is 0 Å². The summed E-state index contributed by atoms with van der Waals surface area (Å²) in [4.78, 5) is 0. The van der Waals surface area contributed by atoms with Crippen LogP contribution >= 0.6 is 0 Å². The molecule has 1 saturated carbocycles. The van der Waals surface area contributed by atoms with E-state index in [0.29, 0.717) is 11.5 Å². The van der Waals surface area contributed by atoms with E-state index in [2.05, 4.69) is 41.5 Å². The second-order valence-electron chi connectivity index (χ2n) is 7.43.